The Hall–Kier alpha value is -1.79. The van der Waals surface area contributed by atoms with Crippen LogP contribution in [0.2, 0.25) is 0 Å². The van der Waals surface area contributed by atoms with Gasteiger partial charge in [-0.2, -0.15) is 8.78 Å². The quantitative estimate of drug-likeness (QED) is 0.847. The number of carbonyl (C=O) groups excluding carboxylic acids is 1. The molecule has 1 aromatic rings. The molecule has 0 aliphatic heterocycles. The Morgan fingerprint density at radius 2 is 2.05 bits per heavy atom. The zero-order valence-corrected chi connectivity index (χ0v) is 10.4. The van der Waals surface area contributed by atoms with E-state index >= 15 is 0 Å². The molecule has 1 saturated carbocycles. The van der Waals surface area contributed by atoms with Gasteiger partial charge in [-0.1, -0.05) is 12.1 Å². The van der Waals surface area contributed by atoms with Crippen LogP contribution in [0.5, 0.6) is 5.75 Å². The second-order valence-corrected chi connectivity index (χ2v) is 4.76. The van der Waals surface area contributed by atoms with Crippen LogP contribution >= 0.6 is 0 Å². The molecule has 0 heterocycles. The minimum Gasteiger partial charge on any atom is -0.508 e. The molecular formula is C13H13F4NO2. The lowest BCUT2D eigenvalue weighted by Crippen LogP contribution is -2.48. The van der Waals surface area contributed by atoms with Crippen molar-refractivity contribution in [2.75, 3.05) is 0 Å². The summed E-state index contributed by atoms with van der Waals surface area (Å²) in [5.41, 5.74) is 0.412. The van der Waals surface area contributed by atoms with Crippen molar-refractivity contribution in [2.45, 2.75) is 37.8 Å². The van der Waals surface area contributed by atoms with E-state index in [-0.39, 0.29) is 12.3 Å². The van der Waals surface area contributed by atoms with Gasteiger partial charge in [-0.15, -0.1) is 0 Å². The van der Waals surface area contributed by atoms with Gasteiger partial charge < -0.3 is 10.0 Å². The molecule has 0 spiro atoms. The molecular weight excluding hydrogens is 278 g/mol. The van der Waals surface area contributed by atoms with Crippen LogP contribution < -0.4 is 0 Å². The van der Waals surface area contributed by atoms with Gasteiger partial charge in [0.1, 0.15) is 5.75 Å². The summed E-state index contributed by atoms with van der Waals surface area (Å²) >= 11 is 0. The van der Waals surface area contributed by atoms with Gasteiger partial charge in [0.25, 0.3) is 5.91 Å². The van der Waals surface area contributed by atoms with Gasteiger partial charge >= 0.3 is 12.3 Å². The summed E-state index contributed by atoms with van der Waals surface area (Å²) < 4.78 is 50.9. The van der Waals surface area contributed by atoms with Crippen molar-refractivity contribution in [2.24, 2.45) is 0 Å². The third kappa shape index (κ3) is 3.02. The largest absolute Gasteiger partial charge is 0.508 e. The maximum atomic E-state index is 13.2. The SMILES string of the molecule is O=C(N(Cc1cccc(O)c1)C1CC1)C(F)(F)C(F)F. The van der Waals surface area contributed by atoms with Gasteiger partial charge in [0.2, 0.25) is 0 Å². The van der Waals surface area contributed by atoms with E-state index in [4.69, 9.17) is 0 Å². The van der Waals surface area contributed by atoms with E-state index in [2.05, 4.69) is 0 Å². The minimum absolute atomic E-state index is 0.0775. The van der Waals surface area contributed by atoms with Crippen LogP contribution in [-0.4, -0.2) is 34.3 Å². The van der Waals surface area contributed by atoms with Gasteiger partial charge in [0.15, 0.2) is 0 Å². The highest BCUT2D eigenvalue weighted by Gasteiger charge is 2.53. The maximum absolute atomic E-state index is 13.2. The summed E-state index contributed by atoms with van der Waals surface area (Å²) in [7, 11) is 0. The molecule has 7 heteroatoms. The molecule has 0 saturated heterocycles. The molecule has 1 aromatic carbocycles. The molecule has 20 heavy (non-hydrogen) atoms. The first-order chi connectivity index (χ1) is 9.32. The summed E-state index contributed by atoms with van der Waals surface area (Å²) in [6.07, 6.45) is -2.99. The van der Waals surface area contributed by atoms with Crippen LogP contribution in [0.3, 0.4) is 0 Å². The van der Waals surface area contributed by atoms with Gasteiger partial charge in [-0.05, 0) is 30.5 Å². The Kier molecular flexibility index (Phi) is 3.87. The second-order valence-electron chi connectivity index (χ2n) is 4.76. The van der Waals surface area contributed by atoms with Crippen LogP contribution in [0.15, 0.2) is 24.3 Å². The van der Waals surface area contributed by atoms with Crippen molar-refractivity contribution in [1.29, 1.82) is 0 Å². The van der Waals surface area contributed by atoms with Crippen LogP contribution in [0.1, 0.15) is 18.4 Å². The number of phenolic OH excluding ortho intramolecular Hbond substituents is 1. The van der Waals surface area contributed by atoms with Gasteiger partial charge in [-0.3, -0.25) is 4.79 Å². The van der Waals surface area contributed by atoms with E-state index in [9.17, 15) is 27.5 Å². The van der Waals surface area contributed by atoms with Crippen molar-refractivity contribution >= 4 is 5.91 Å². The molecule has 0 unspecified atom stereocenters. The topological polar surface area (TPSA) is 40.5 Å². The first-order valence-electron chi connectivity index (χ1n) is 6.07. The fourth-order valence-electron chi connectivity index (χ4n) is 1.89. The number of alkyl halides is 4. The van der Waals surface area contributed by atoms with Gasteiger partial charge in [0, 0.05) is 12.6 Å². The fourth-order valence-corrected chi connectivity index (χ4v) is 1.89. The lowest BCUT2D eigenvalue weighted by molar-refractivity contribution is -0.181. The number of hydrogen-bond donors (Lipinski definition) is 1. The third-order valence-electron chi connectivity index (χ3n) is 3.07. The number of hydrogen-bond acceptors (Lipinski definition) is 2. The highest BCUT2D eigenvalue weighted by Crippen LogP contribution is 2.34. The van der Waals surface area contributed by atoms with Gasteiger partial charge in [-0.25, -0.2) is 8.78 Å². The summed E-state index contributed by atoms with van der Waals surface area (Å²) in [5.74, 6) is -6.62. The smallest absolute Gasteiger partial charge is 0.383 e. The molecule has 0 radical (unpaired) electrons. The second kappa shape index (κ2) is 5.30. The first kappa shape index (κ1) is 14.6. The zero-order chi connectivity index (χ0) is 14.9. The molecule has 1 aliphatic carbocycles. The summed E-state index contributed by atoms with van der Waals surface area (Å²) in [4.78, 5) is 12.4. The lowest BCUT2D eigenvalue weighted by Gasteiger charge is -2.26. The minimum atomic E-state index is -4.68. The Morgan fingerprint density at radius 1 is 1.40 bits per heavy atom. The molecule has 1 aliphatic rings. The number of nitrogens with zero attached hydrogens (tertiary/aromatic N) is 1. The Balaban J connectivity index is 2.18. The summed E-state index contributed by atoms with van der Waals surface area (Å²) in [5, 5.41) is 9.30. The number of phenols is 1. The molecule has 1 amide bonds. The average molecular weight is 291 g/mol. The molecule has 0 atom stereocenters. The van der Waals surface area contributed by atoms with Crippen molar-refractivity contribution in [3.05, 3.63) is 29.8 Å². The molecule has 0 aromatic heterocycles. The molecule has 1 fully saturated rings. The summed E-state index contributed by atoms with van der Waals surface area (Å²) in [6, 6.07) is 5.28. The zero-order valence-electron chi connectivity index (χ0n) is 10.4. The first-order valence-corrected chi connectivity index (χ1v) is 6.07. The van der Waals surface area contributed by atoms with Crippen LogP contribution in [0.25, 0.3) is 0 Å². The monoisotopic (exact) mass is 291 g/mol. The average Bonchev–Trinajstić information content (AvgIpc) is 3.19. The van der Waals surface area contributed by atoms with Crippen molar-refractivity contribution in [1.82, 2.24) is 4.90 Å². The standard InChI is InChI=1S/C13H13F4NO2/c14-11(15)13(16,17)12(20)18(9-4-5-9)7-8-2-1-3-10(19)6-8/h1-3,6,9,11,19H,4-5,7H2. The number of halogens is 4. The fraction of sp³-hybridized carbons (Fsp3) is 0.462. The number of benzene rings is 1. The number of amides is 1. The molecule has 1 N–H and O–H groups in total. The predicted octanol–water partition coefficient (Wildman–Crippen LogP) is 2.78. The van der Waals surface area contributed by atoms with Crippen molar-refractivity contribution < 1.29 is 27.5 Å². The maximum Gasteiger partial charge on any atom is 0.383 e. The highest BCUT2D eigenvalue weighted by atomic mass is 19.3. The predicted molar refractivity (Wildman–Crippen MR) is 62.6 cm³/mol. The number of rotatable bonds is 5. The molecule has 3 nitrogen and oxygen atoms in total. The third-order valence-corrected chi connectivity index (χ3v) is 3.07. The summed E-state index contributed by atoms with van der Waals surface area (Å²) in [6.45, 7) is -0.222. The Bertz CT molecular complexity index is 503. The highest BCUT2D eigenvalue weighted by molar-refractivity contribution is 5.84. The van der Waals surface area contributed by atoms with Crippen molar-refractivity contribution in [3.8, 4) is 5.75 Å². The van der Waals surface area contributed by atoms with E-state index < -0.39 is 24.3 Å². The van der Waals surface area contributed by atoms with E-state index in [1.54, 1.807) is 0 Å². The Morgan fingerprint density at radius 3 is 2.55 bits per heavy atom. The molecule has 110 valence electrons. The van der Waals surface area contributed by atoms with E-state index in [1.807, 2.05) is 0 Å². The van der Waals surface area contributed by atoms with Gasteiger partial charge in [0.05, 0.1) is 0 Å². The van der Waals surface area contributed by atoms with E-state index in [0.29, 0.717) is 18.4 Å². The lowest BCUT2D eigenvalue weighted by atomic mass is 10.2. The number of aromatic hydroxyl groups is 1. The van der Waals surface area contributed by atoms with Crippen LogP contribution in [0, 0.1) is 0 Å². The molecule has 2 rings (SSSR count). The van der Waals surface area contributed by atoms with Crippen LogP contribution in [-0.2, 0) is 11.3 Å². The van der Waals surface area contributed by atoms with E-state index in [1.165, 1.54) is 24.3 Å². The Labute approximate surface area is 112 Å². The molecule has 0 bridgehead atoms. The van der Waals surface area contributed by atoms with Crippen LogP contribution in [0.4, 0.5) is 17.6 Å². The van der Waals surface area contributed by atoms with Crippen molar-refractivity contribution in [3.63, 3.8) is 0 Å². The number of carbonyl (C=O) groups is 1. The van der Waals surface area contributed by atoms with E-state index in [0.717, 1.165) is 4.90 Å². The normalized spacial score (nSPS) is 15.4.